The fourth-order valence-corrected chi connectivity index (χ4v) is 1.70. The van der Waals surface area contributed by atoms with Gasteiger partial charge in [-0.3, -0.25) is 0 Å². The van der Waals surface area contributed by atoms with Gasteiger partial charge in [0.15, 0.2) is 0 Å². The molecule has 1 rings (SSSR count). The number of rotatable bonds is 3. The van der Waals surface area contributed by atoms with Crippen LogP contribution in [0, 0.1) is 0 Å². The maximum Gasteiger partial charge on any atom is 0.346 e. The fraction of sp³-hybridized carbons (Fsp3) is 0.143. The molecule has 1 aromatic rings. The first-order valence-corrected chi connectivity index (χ1v) is 4.08. The van der Waals surface area contributed by atoms with Crippen LogP contribution in [0.3, 0.4) is 0 Å². The molecular weight excluding hydrogens is 196 g/mol. The highest BCUT2D eigenvalue weighted by atomic mass is 32.1. The predicted octanol–water partition coefficient (Wildman–Crippen LogP) is 1.15. The van der Waals surface area contributed by atoms with Crippen molar-refractivity contribution in [1.29, 1.82) is 0 Å². The summed E-state index contributed by atoms with van der Waals surface area (Å²) in [6.45, 7) is 0. The summed E-state index contributed by atoms with van der Waals surface area (Å²) in [7, 11) is 1.29. The van der Waals surface area contributed by atoms with E-state index in [1.807, 2.05) is 0 Å². The maximum atomic E-state index is 10.6. The van der Waals surface area contributed by atoms with Gasteiger partial charge in [0.2, 0.25) is 0 Å². The molecule has 0 fully saturated rings. The molecule has 1 heterocycles. The van der Waals surface area contributed by atoms with Gasteiger partial charge >= 0.3 is 11.9 Å². The molecule has 0 bridgehead atoms. The van der Waals surface area contributed by atoms with E-state index in [9.17, 15) is 9.59 Å². The molecule has 0 saturated carbocycles. The second kappa shape index (κ2) is 3.44. The average Bonchev–Trinajstić information content (AvgIpc) is 2.46. The molecule has 0 atom stereocenters. The van der Waals surface area contributed by atoms with Gasteiger partial charge in [-0.25, -0.2) is 9.59 Å². The van der Waals surface area contributed by atoms with Crippen LogP contribution < -0.4 is 4.74 Å². The standard InChI is InChI=1S/C7H6O5S/c1-12-3-2-13-5(7(10)11)4(3)6(8)9/h2H,1H3,(H,8,9)(H,10,11). The first-order chi connectivity index (χ1) is 6.07. The van der Waals surface area contributed by atoms with Gasteiger partial charge in [0, 0.05) is 5.38 Å². The van der Waals surface area contributed by atoms with E-state index in [0.717, 1.165) is 11.3 Å². The van der Waals surface area contributed by atoms with Crippen LogP contribution in [-0.2, 0) is 0 Å². The predicted molar refractivity (Wildman–Crippen MR) is 44.8 cm³/mol. The Hall–Kier alpha value is -1.56. The summed E-state index contributed by atoms with van der Waals surface area (Å²) in [6.07, 6.45) is 0. The van der Waals surface area contributed by atoms with Gasteiger partial charge < -0.3 is 14.9 Å². The van der Waals surface area contributed by atoms with Crippen molar-refractivity contribution in [2.75, 3.05) is 7.11 Å². The van der Waals surface area contributed by atoms with Crippen LogP contribution >= 0.6 is 11.3 Å². The lowest BCUT2D eigenvalue weighted by molar-refractivity contribution is 0.0653. The minimum Gasteiger partial charge on any atom is -0.495 e. The quantitative estimate of drug-likeness (QED) is 0.768. The molecule has 0 aliphatic rings. The van der Waals surface area contributed by atoms with E-state index in [1.165, 1.54) is 12.5 Å². The molecule has 0 amide bonds. The van der Waals surface area contributed by atoms with Crippen molar-refractivity contribution in [3.8, 4) is 5.75 Å². The number of carboxylic acid groups (broad SMARTS) is 2. The minimum atomic E-state index is -1.30. The van der Waals surface area contributed by atoms with Crippen LogP contribution in [0.4, 0.5) is 0 Å². The highest BCUT2D eigenvalue weighted by molar-refractivity contribution is 7.12. The molecule has 0 spiro atoms. The number of carbonyl (C=O) groups is 2. The van der Waals surface area contributed by atoms with Crippen LogP contribution in [0.2, 0.25) is 0 Å². The normalized spacial score (nSPS) is 9.62. The molecule has 1 aromatic heterocycles. The van der Waals surface area contributed by atoms with Gasteiger partial charge in [-0.2, -0.15) is 0 Å². The van der Waals surface area contributed by atoms with Crippen molar-refractivity contribution >= 4 is 23.3 Å². The van der Waals surface area contributed by atoms with Crippen molar-refractivity contribution in [3.05, 3.63) is 15.8 Å². The number of thiophene rings is 1. The van der Waals surface area contributed by atoms with Crippen LogP contribution in [0.1, 0.15) is 20.0 Å². The van der Waals surface area contributed by atoms with E-state index in [2.05, 4.69) is 0 Å². The Bertz CT molecular complexity index is 354. The molecule has 0 aliphatic carbocycles. The SMILES string of the molecule is COc1csc(C(=O)O)c1C(=O)O. The molecule has 13 heavy (non-hydrogen) atoms. The van der Waals surface area contributed by atoms with Gasteiger partial charge in [0.05, 0.1) is 7.11 Å². The lowest BCUT2D eigenvalue weighted by atomic mass is 10.2. The second-order valence-electron chi connectivity index (χ2n) is 2.12. The Morgan fingerprint density at radius 1 is 1.38 bits per heavy atom. The molecule has 0 radical (unpaired) electrons. The van der Waals surface area contributed by atoms with Crippen molar-refractivity contribution in [2.24, 2.45) is 0 Å². The zero-order chi connectivity index (χ0) is 10.0. The molecule has 0 saturated heterocycles. The molecular formula is C7H6O5S. The van der Waals surface area contributed by atoms with E-state index in [-0.39, 0.29) is 16.2 Å². The number of carboxylic acids is 2. The van der Waals surface area contributed by atoms with Crippen molar-refractivity contribution in [1.82, 2.24) is 0 Å². The Morgan fingerprint density at radius 3 is 2.38 bits per heavy atom. The third-order valence-electron chi connectivity index (χ3n) is 1.39. The van der Waals surface area contributed by atoms with E-state index in [0.29, 0.717) is 0 Å². The lowest BCUT2D eigenvalue weighted by Gasteiger charge is -1.97. The van der Waals surface area contributed by atoms with Crippen LogP contribution in [-0.4, -0.2) is 29.3 Å². The Morgan fingerprint density at radius 2 is 2.00 bits per heavy atom. The molecule has 2 N–H and O–H groups in total. The van der Waals surface area contributed by atoms with Crippen molar-refractivity contribution in [3.63, 3.8) is 0 Å². The number of hydrogen-bond donors (Lipinski definition) is 2. The van der Waals surface area contributed by atoms with Gasteiger partial charge in [0.25, 0.3) is 0 Å². The largest absolute Gasteiger partial charge is 0.495 e. The molecule has 5 nitrogen and oxygen atoms in total. The summed E-state index contributed by atoms with van der Waals surface area (Å²) in [5.41, 5.74) is -0.292. The lowest BCUT2D eigenvalue weighted by Crippen LogP contribution is -2.05. The van der Waals surface area contributed by atoms with Crippen molar-refractivity contribution in [2.45, 2.75) is 0 Å². The average molecular weight is 202 g/mol. The van der Waals surface area contributed by atoms with Crippen LogP contribution in [0.25, 0.3) is 0 Å². The van der Waals surface area contributed by atoms with E-state index in [1.54, 1.807) is 0 Å². The Kier molecular flexibility index (Phi) is 2.52. The van der Waals surface area contributed by atoms with E-state index < -0.39 is 11.9 Å². The smallest absolute Gasteiger partial charge is 0.346 e. The molecule has 6 heteroatoms. The van der Waals surface area contributed by atoms with Crippen LogP contribution in [0.5, 0.6) is 5.75 Å². The first-order valence-electron chi connectivity index (χ1n) is 3.20. The monoisotopic (exact) mass is 202 g/mol. The zero-order valence-corrected chi connectivity index (χ0v) is 7.42. The van der Waals surface area contributed by atoms with Gasteiger partial charge in [-0.05, 0) is 0 Å². The molecule has 0 aromatic carbocycles. The fourth-order valence-electron chi connectivity index (χ4n) is 0.852. The van der Waals surface area contributed by atoms with E-state index >= 15 is 0 Å². The second-order valence-corrected chi connectivity index (χ2v) is 3.00. The van der Waals surface area contributed by atoms with Crippen LogP contribution in [0.15, 0.2) is 5.38 Å². The summed E-state index contributed by atoms with van der Waals surface area (Å²) in [5, 5.41) is 18.6. The summed E-state index contributed by atoms with van der Waals surface area (Å²) < 4.78 is 4.70. The summed E-state index contributed by atoms with van der Waals surface area (Å²) in [5.74, 6) is -2.48. The van der Waals surface area contributed by atoms with Gasteiger partial charge in [-0.15, -0.1) is 11.3 Å². The number of ether oxygens (including phenoxy) is 1. The molecule has 0 unspecified atom stereocenters. The summed E-state index contributed by atoms with van der Waals surface area (Å²) in [6, 6.07) is 0. The highest BCUT2D eigenvalue weighted by Crippen LogP contribution is 2.29. The zero-order valence-electron chi connectivity index (χ0n) is 6.60. The first kappa shape index (κ1) is 9.53. The number of methoxy groups -OCH3 is 1. The molecule has 70 valence electrons. The third-order valence-corrected chi connectivity index (χ3v) is 2.33. The maximum absolute atomic E-state index is 10.6. The third kappa shape index (κ3) is 1.62. The number of hydrogen-bond acceptors (Lipinski definition) is 4. The van der Waals surface area contributed by atoms with E-state index in [4.69, 9.17) is 14.9 Å². The summed E-state index contributed by atoms with van der Waals surface area (Å²) >= 11 is 0.832. The molecule has 0 aliphatic heterocycles. The van der Waals surface area contributed by atoms with Crippen molar-refractivity contribution < 1.29 is 24.5 Å². The Balaban J connectivity index is 3.30. The highest BCUT2D eigenvalue weighted by Gasteiger charge is 2.23. The number of aromatic carboxylic acids is 2. The summed E-state index contributed by atoms with van der Waals surface area (Å²) in [4.78, 5) is 21.0. The van der Waals surface area contributed by atoms with Gasteiger partial charge in [0.1, 0.15) is 16.2 Å². The minimum absolute atomic E-state index is 0.0786. The topological polar surface area (TPSA) is 83.8 Å². The van der Waals surface area contributed by atoms with Gasteiger partial charge in [-0.1, -0.05) is 0 Å². The Labute approximate surface area is 77.2 Å².